The predicted molar refractivity (Wildman–Crippen MR) is 89.7 cm³/mol. The predicted octanol–water partition coefficient (Wildman–Crippen LogP) is 4.09. The van der Waals surface area contributed by atoms with Crippen LogP contribution in [0.2, 0.25) is 5.02 Å². The molecule has 2 N–H and O–H groups in total. The van der Waals surface area contributed by atoms with E-state index in [-0.39, 0.29) is 6.61 Å². The van der Waals surface area contributed by atoms with Crippen molar-refractivity contribution in [3.05, 3.63) is 63.6 Å². The summed E-state index contributed by atoms with van der Waals surface area (Å²) in [6.45, 7) is 1.20. The number of aliphatic hydroxyl groups is 1. The zero-order chi connectivity index (χ0) is 15.1. The van der Waals surface area contributed by atoms with Gasteiger partial charge in [-0.1, -0.05) is 41.9 Å². The summed E-state index contributed by atoms with van der Waals surface area (Å²) in [5, 5.41) is 13.7. The molecule has 0 bridgehead atoms. The molecule has 0 amide bonds. The lowest BCUT2D eigenvalue weighted by Gasteiger charge is -2.14. The minimum absolute atomic E-state index is 0.285. The molecule has 0 spiro atoms. The first-order valence-electron chi connectivity index (χ1n) is 6.64. The molecule has 2 rings (SSSR count). The number of benzene rings is 2. The number of halogens is 2. The Balaban J connectivity index is 1.71. The first kappa shape index (κ1) is 16.3. The van der Waals surface area contributed by atoms with E-state index in [1.165, 1.54) is 0 Å². The normalized spacial score (nSPS) is 12.1. The summed E-state index contributed by atoms with van der Waals surface area (Å²) in [5.41, 5.74) is 1.99. The van der Waals surface area contributed by atoms with Gasteiger partial charge in [0.2, 0.25) is 0 Å². The van der Waals surface area contributed by atoms with E-state index in [9.17, 15) is 5.11 Å². The zero-order valence-corrected chi connectivity index (χ0v) is 13.8. The van der Waals surface area contributed by atoms with Crippen LogP contribution in [0.3, 0.4) is 0 Å². The molecule has 0 saturated carbocycles. The zero-order valence-electron chi connectivity index (χ0n) is 11.4. The van der Waals surface area contributed by atoms with Crippen LogP contribution in [0.15, 0.2) is 53.0 Å². The molecule has 0 fully saturated rings. The molecule has 0 aliphatic carbocycles. The van der Waals surface area contributed by atoms with Gasteiger partial charge in [0.05, 0.1) is 19.3 Å². The Morgan fingerprint density at radius 2 is 1.95 bits per heavy atom. The highest BCUT2D eigenvalue weighted by Crippen LogP contribution is 2.25. The van der Waals surface area contributed by atoms with Crippen LogP contribution >= 0.6 is 27.5 Å². The molecule has 0 radical (unpaired) electrons. The van der Waals surface area contributed by atoms with Crippen LogP contribution in [-0.4, -0.2) is 24.4 Å². The minimum Gasteiger partial charge on any atom is -0.389 e. The SMILES string of the molecule is OC(CNc1ccc(Cl)cc1Br)COCc1ccccc1. The van der Waals surface area contributed by atoms with Gasteiger partial charge in [0.15, 0.2) is 0 Å². The molecule has 0 heterocycles. The number of hydrogen-bond donors (Lipinski definition) is 2. The summed E-state index contributed by atoms with van der Waals surface area (Å²) in [6.07, 6.45) is -0.573. The van der Waals surface area contributed by atoms with Crippen molar-refractivity contribution in [2.45, 2.75) is 12.7 Å². The molecule has 0 aliphatic rings. The third kappa shape index (κ3) is 5.67. The Bertz CT molecular complexity index is 565. The summed E-state index contributed by atoms with van der Waals surface area (Å²) < 4.78 is 6.36. The molecule has 21 heavy (non-hydrogen) atoms. The Morgan fingerprint density at radius 3 is 2.67 bits per heavy atom. The molecule has 5 heteroatoms. The fourth-order valence-electron chi connectivity index (χ4n) is 1.81. The summed E-state index contributed by atoms with van der Waals surface area (Å²) in [5.74, 6) is 0. The van der Waals surface area contributed by atoms with Gasteiger partial charge < -0.3 is 15.2 Å². The van der Waals surface area contributed by atoms with Crippen molar-refractivity contribution in [2.75, 3.05) is 18.5 Å². The molecule has 1 unspecified atom stereocenters. The number of aliphatic hydroxyl groups excluding tert-OH is 1. The van der Waals surface area contributed by atoms with E-state index in [1.807, 2.05) is 42.5 Å². The van der Waals surface area contributed by atoms with Crippen LogP contribution in [0, 0.1) is 0 Å². The van der Waals surface area contributed by atoms with Gasteiger partial charge in [-0.3, -0.25) is 0 Å². The number of nitrogens with one attached hydrogen (secondary N) is 1. The Morgan fingerprint density at radius 1 is 1.19 bits per heavy atom. The molecule has 2 aromatic carbocycles. The quantitative estimate of drug-likeness (QED) is 0.771. The third-order valence-corrected chi connectivity index (χ3v) is 3.77. The van der Waals surface area contributed by atoms with Crippen LogP contribution < -0.4 is 5.32 Å². The topological polar surface area (TPSA) is 41.5 Å². The van der Waals surface area contributed by atoms with E-state index < -0.39 is 6.10 Å². The summed E-state index contributed by atoms with van der Waals surface area (Å²) in [7, 11) is 0. The van der Waals surface area contributed by atoms with Crippen molar-refractivity contribution < 1.29 is 9.84 Å². The molecule has 3 nitrogen and oxygen atoms in total. The van der Waals surface area contributed by atoms with Gasteiger partial charge >= 0.3 is 0 Å². The van der Waals surface area contributed by atoms with Gasteiger partial charge in [0.1, 0.15) is 0 Å². The van der Waals surface area contributed by atoms with Crippen LogP contribution in [-0.2, 0) is 11.3 Å². The largest absolute Gasteiger partial charge is 0.389 e. The van der Waals surface area contributed by atoms with Gasteiger partial charge in [-0.05, 0) is 39.7 Å². The standard InChI is InChI=1S/C16H17BrClNO2/c17-15-8-13(18)6-7-16(15)19-9-14(20)11-21-10-12-4-2-1-3-5-12/h1-8,14,19-20H,9-11H2. The first-order chi connectivity index (χ1) is 10.1. The van der Waals surface area contributed by atoms with Crippen molar-refractivity contribution in [3.8, 4) is 0 Å². The van der Waals surface area contributed by atoms with Crippen molar-refractivity contribution in [1.82, 2.24) is 0 Å². The van der Waals surface area contributed by atoms with E-state index in [4.69, 9.17) is 16.3 Å². The average Bonchev–Trinajstić information content (AvgIpc) is 2.47. The van der Waals surface area contributed by atoms with Gasteiger partial charge in [-0.2, -0.15) is 0 Å². The lowest BCUT2D eigenvalue weighted by atomic mass is 10.2. The van der Waals surface area contributed by atoms with E-state index in [2.05, 4.69) is 21.2 Å². The highest BCUT2D eigenvalue weighted by atomic mass is 79.9. The van der Waals surface area contributed by atoms with Gasteiger partial charge in [0, 0.05) is 21.7 Å². The smallest absolute Gasteiger partial charge is 0.0945 e. The molecular weight excluding hydrogens is 354 g/mol. The van der Waals surface area contributed by atoms with Gasteiger partial charge in [-0.25, -0.2) is 0 Å². The molecule has 0 aromatic heterocycles. The van der Waals surface area contributed by atoms with E-state index in [0.29, 0.717) is 18.2 Å². The van der Waals surface area contributed by atoms with Crippen LogP contribution in [0.25, 0.3) is 0 Å². The molecule has 1 atom stereocenters. The molecule has 0 saturated heterocycles. The maximum absolute atomic E-state index is 9.91. The fraction of sp³-hybridized carbons (Fsp3) is 0.250. The number of anilines is 1. The van der Waals surface area contributed by atoms with E-state index in [0.717, 1.165) is 15.7 Å². The second-order valence-corrected chi connectivity index (χ2v) is 5.95. The summed E-state index contributed by atoms with van der Waals surface area (Å²) >= 11 is 9.30. The van der Waals surface area contributed by atoms with Crippen molar-refractivity contribution >= 4 is 33.2 Å². The Hall–Kier alpha value is -1.07. The van der Waals surface area contributed by atoms with Crippen LogP contribution in [0.5, 0.6) is 0 Å². The maximum Gasteiger partial charge on any atom is 0.0945 e. The number of hydrogen-bond acceptors (Lipinski definition) is 3. The lowest BCUT2D eigenvalue weighted by Crippen LogP contribution is -2.24. The van der Waals surface area contributed by atoms with Crippen LogP contribution in [0.1, 0.15) is 5.56 Å². The Labute approximate surface area is 138 Å². The monoisotopic (exact) mass is 369 g/mol. The number of rotatable bonds is 7. The molecular formula is C16H17BrClNO2. The highest BCUT2D eigenvalue weighted by Gasteiger charge is 2.06. The maximum atomic E-state index is 9.91. The Kier molecular flexibility index (Phi) is 6.51. The highest BCUT2D eigenvalue weighted by molar-refractivity contribution is 9.10. The summed E-state index contributed by atoms with van der Waals surface area (Å²) in [4.78, 5) is 0. The average molecular weight is 371 g/mol. The third-order valence-electron chi connectivity index (χ3n) is 2.88. The second kappa shape index (κ2) is 8.39. The second-order valence-electron chi connectivity index (χ2n) is 4.66. The van der Waals surface area contributed by atoms with Gasteiger partial charge in [-0.15, -0.1) is 0 Å². The van der Waals surface area contributed by atoms with E-state index in [1.54, 1.807) is 6.07 Å². The minimum atomic E-state index is -0.573. The molecule has 0 aliphatic heterocycles. The van der Waals surface area contributed by atoms with Gasteiger partial charge in [0.25, 0.3) is 0 Å². The van der Waals surface area contributed by atoms with Crippen molar-refractivity contribution in [1.29, 1.82) is 0 Å². The van der Waals surface area contributed by atoms with E-state index >= 15 is 0 Å². The van der Waals surface area contributed by atoms with Crippen molar-refractivity contribution in [3.63, 3.8) is 0 Å². The van der Waals surface area contributed by atoms with Crippen LogP contribution in [0.4, 0.5) is 5.69 Å². The fourth-order valence-corrected chi connectivity index (χ4v) is 2.63. The molecule has 2 aromatic rings. The summed E-state index contributed by atoms with van der Waals surface area (Å²) in [6, 6.07) is 15.4. The molecule has 112 valence electrons. The number of ether oxygens (including phenoxy) is 1. The lowest BCUT2D eigenvalue weighted by molar-refractivity contribution is 0.0348. The first-order valence-corrected chi connectivity index (χ1v) is 7.81. The van der Waals surface area contributed by atoms with Crippen molar-refractivity contribution in [2.24, 2.45) is 0 Å².